The lowest BCUT2D eigenvalue weighted by molar-refractivity contribution is 0.0922. The third kappa shape index (κ3) is 4.17. The Morgan fingerprint density at radius 2 is 1.88 bits per heavy atom. The van der Waals surface area contributed by atoms with Gasteiger partial charge in [0.15, 0.2) is 0 Å². The van der Waals surface area contributed by atoms with Crippen LogP contribution in [0, 0.1) is 17.2 Å². The molecule has 0 bridgehead atoms. The minimum Gasteiger partial charge on any atom is -0.455 e. The number of aliphatic hydroxyl groups is 1. The van der Waals surface area contributed by atoms with Crippen LogP contribution in [0.3, 0.4) is 0 Å². The number of nitrogens with zero attached hydrogens (tertiary/aromatic N) is 1. The van der Waals surface area contributed by atoms with Gasteiger partial charge in [-0.05, 0) is 49.4 Å². The van der Waals surface area contributed by atoms with Crippen LogP contribution in [0.4, 0.5) is 0 Å². The van der Waals surface area contributed by atoms with E-state index in [1.165, 1.54) is 0 Å². The second-order valence-electron chi connectivity index (χ2n) is 6.14. The van der Waals surface area contributed by atoms with Crippen LogP contribution in [0.5, 0.6) is 11.5 Å². The van der Waals surface area contributed by atoms with E-state index in [2.05, 4.69) is 11.4 Å². The normalized spacial score (nSPS) is 14.4. The molecule has 1 aliphatic carbocycles. The van der Waals surface area contributed by atoms with Crippen molar-refractivity contribution < 1.29 is 14.6 Å². The lowest BCUT2D eigenvalue weighted by atomic mass is 10.1. The van der Waals surface area contributed by atoms with Gasteiger partial charge in [-0.2, -0.15) is 5.26 Å². The smallest absolute Gasteiger partial charge is 0.255 e. The summed E-state index contributed by atoms with van der Waals surface area (Å²) in [4.78, 5) is 12.7. The summed E-state index contributed by atoms with van der Waals surface area (Å²) in [5.74, 6) is 1.04. The molecule has 0 radical (unpaired) electrons. The number of rotatable bonds is 7. The first-order valence-electron chi connectivity index (χ1n) is 8.40. The van der Waals surface area contributed by atoms with E-state index in [4.69, 9.17) is 4.74 Å². The minimum atomic E-state index is -0.226. The van der Waals surface area contributed by atoms with Gasteiger partial charge in [0.25, 0.3) is 5.91 Å². The van der Waals surface area contributed by atoms with Crippen molar-refractivity contribution in [3.8, 4) is 17.6 Å². The summed E-state index contributed by atoms with van der Waals surface area (Å²) in [6.45, 7) is 0.0507. The van der Waals surface area contributed by atoms with E-state index in [0.717, 1.165) is 12.8 Å². The number of aliphatic hydroxyl groups excluding tert-OH is 1. The highest BCUT2D eigenvalue weighted by Gasteiger charge is 2.32. The molecule has 1 atom stereocenters. The average Bonchev–Trinajstić information content (AvgIpc) is 3.47. The van der Waals surface area contributed by atoms with E-state index in [1.54, 1.807) is 48.5 Å². The van der Waals surface area contributed by atoms with Gasteiger partial charge >= 0.3 is 0 Å². The monoisotopic (exact) mass is 336 g/mol. The quantitative estimate of drug-likeness (QED) is 0.813. The summed E-state index contributed by atoms with van der Waals surface area (Å²) in [5.41, 5.74) is 0.827. The fourth-order valence-electron chi connectivity index (χ4n) is 2.82. The zero-order valence-corrected chi connectivity index (χ0v) is 13.8. The fourth-order valence-corrected chi connectivity index (χ4v) is 2.82. The molecule has 2 aromatic carbocycles. The predicted octanol–water partition coefficient (Wildman–Crippen LogP) is 3.24. The number of hydrogen-bond donors (Lipinski definition) is 2. The Morgan fingerprint density at radius 3 is 2.56 bits per heavy atom. The summed E-state index contributed by atoms with van der Waals surface area (Å²) in [5, 5.41) is 21.4. The maximum Gasteiger partial charge on any atom is 0.255 e. The summed E-state index contributed by atoms with van der Waals surface area (Å²) >= 11 is 0. The van der Waals surface area contributed by atoms with Crippen molar-refractivity contribution >= 4 is 5.91 Å². The maximum atomic E-state index is 12.7. The van der Waals surface area contributed by atoms with E-state index >= 15 is 0 Å². The maximum absolute atomic E-state index is 12.7. The standard InChI is InChI=1S/C20H20N2O3/c21-13-15-5-1-3-7-18(15)25-19-8-4-2-6-16(19)20(24)22-17(11-12-23)14-9-10-14/h1-8,14,17,23H,9-12H2,(H,22,24). The van der Waals surface area contributed by atoms with Crippen LogP contribution in [0.15, 0.2) is 48.5 Å². The molecule has 1 unspecified atom stereocenters. The lowest BCUT2D eigenvalue weighted by Gasteiger charge is -2.18. The number of amides is 1. The van der Waals surface area contributed by atoms with Gasteiger partial charge in [-0.1, -0.05) is 24.3 Å². The molecule has 0 aliphatic heterocycles. The molecule has 1 fully saturated rings. The van der Waals surface area contributed by atoms with Crippen molar-refractivity contribution in [3.05, 3.63) is 59.7 Å². The average molecular weight is 336 g/mol. The van der Waals surface area contributed by atoms with Gasteiger partial charge in [-0.15, -0.1) is 0 Å². The third-order valence-electron chi connectivity index (χ3n) is 4.31. The molecule has 0 heterocycles. The van der Waals surface area contributed by atoms with Gasteiger partial charge < -0.3 is 15.2 Å². The lowest BCUT2D eigenvalue weighted by Crippen LogP contribution is -2.37. The second kappa shape index (κ2) is 7.82. The van der Waals surface area contributed by atoms with E-state index < -0.39 is 0 Å². The Balaban J connectivity index is 1.80. The Morgan fingerprint density at radius 1 is 1.20 bits per heavy atom. The van der Waals surface area contributed by atoms with Crippen molar-refractivity contribution in [2.45, 2.75) is 25.3 Å². The molecule has 1 amide bonds. The summed E-state index contributed by atoms with van der Waals surface area (Å²) < 4.78 is 5.84. The van der Waals surface area contributed by atoms with Crippen LogP contribution < -0.4 is 10.1 Å². The van der Waals surface area contributed by atoms with Crippen molar-refractivity contribution in [1.82, 2.24) is 5.32 Å². The molecule has 1 aliphatic rings. The van der Waals surface area contributed by atoms with Gasteiger partial charge in [-0.3, -0.25) is 4.79 Å². The molecule has 25 heavy (non-hydrogen) atoms. The summed E-state index contributed by atoms with van der Waals surface area (Å²) in [7, 11) is 0. The van der Waals surface area contributed by atoms with Crippen molar-refractivity contribution in [1.29, 1.82) is 5.26 Å². The highest BCUT2D eigenvalue weighted by Crippen LogP contribution is 2.34. The number of nitriles is 1. The van der Waals surface area contributed by atoms with Crippen molar-refractivity contribution in [3.63, 3.8) is 0 Å². The number of ether oxygens (including phenoxy) is 1. The molecule has 5 heteroatoms. The topological polar surface area (TPSA) is 82.3 Å². The van der Waals surface area contributed by atoms with Crippen molar-refractivity contribution in [2.24, 2.45) is 5.92 Å². The van der Waals surface area contributed by atoms with E-state index in [1.807, 2.05) is 0 Å². The zero-order valence-electron chi connectivity index (χ0n) is 13.8. The van der Waals surface area contributed by atoms with Crippen molar-refractivity contribution in [2.75, 3.05) is 6.61 Å². The molecule has 2 aromatic rings. The molecule has 0 aromatic heterocycles. The molecule has 1 saturated carbocycles. The van der Waals surface area contributed by atoms with Crippen LogP contribution in [0.1, 0.15) is 35.2 Å². The Kier molecular flexibility index (Phi) is 5.32. The number of carbonyl (C=O) groups is 1. The number of hydrogen-bond acceptors (Lipinski definition) is 4. The van der Waals surface area contributed by atoms with Crippen LogP contribution >= 0.6 is 0 Å². The summed E-state index contributed by atoms with van der Waals surface area (Å²) in [6.07, 6.45) is 2.72. The van der Waals surface area contributed by atoms with Crippen LogP contribution in [-0.4, -0.2) is 23.7 Å². The molecule has 5 nitrogen and oxygen atoms in total. The van der Waals surface area contributed by atoms with Gasteiger partial charge in [0.2, 0.25) is 0 Å². The molecule has 2 N–H and O–H groups in total. The SMILES string of the molecule is N#Cc1ccccc1Oc1ccccc1C(=O)NC(CCO)C1CC1. The summed E-state index contributed by atoms with van der Waals surface area (Å²) in [6, 6.07) is 15.9. The second-order valence-corrected chi connectivity index (χ2v) is 6.14. The van der Waals surface area contributed by atoms with E-state index in [-0.39, 0.29) is 18.6 Å². The molecule has 3 rings (SSSR count). The molecular formula is C20H20N2O3. The minimum absolute atomic E-state index is 0.0167. The molecular weight excluding hydrogens is 316 g/mol. The number of carbonyl (C=O) groups excluding carboxylic acids is 1. The Labute approximate surface area is 146 Å². The van der Waals surface area contributed by atoms with Gasteiger partial charge in [0.05, 0.1) is 11.1 Å². The highest BCUT2D eigenvalue weighted by atomic mass is 16.5. The van der Waals surface area contributed by atoms with Crippen LogP contribution in [-0.2, 0) is 0 Å². The predicted molar refractivity (Wildman–Crippen MR) is 93.4 cm³/mol. The van der Waals surface area contributed by atoms with Crippen LogP contribution in [0.25, 0.3) is 0 Å². The first kappa shape index (κ1) is 17.0. The van der Waals surface area contributed by atoms with Gasteiger partial charge in [-0.25, -0.2) is 0 Å². The molecule has 128 valence electrons. The van der Waals surface area contributed by atoms with E-state index in [9.17, 15) is 15.2 Å². The fraction of sp³-hybridized carbons (Fsp3) is 0.300. The first-order chi connectivity index (χ1) is 12.2. The number of para-hydroxylation sites is 2. The third-order valence-corrected chi connectivity index (χ3v) is 4.31. The number of nitrogens with one attached hydrogen (secondary N) is 1. The molecule has 0 spiro atoms. The largest absolute Gasteiger partial charge is 0.455 e. The molecule has 0 saturated heterocycles. The Hall–Kier alpha value is -2.84. The van der Waals surface area contributed by atoms with Gasteiger partial charge in [0, 0.05) is 12.6 Å². The van der Waals surface area contributed by atoms with Gasteiger partial charge in [0.1, 0.15) is 17.6 Å². The number of benzene rings is 2. The Bertz CT molecular complexity index is 794. The first-order valence-corrected chi connectivity index (χ1v) is 8.40. The zero-order chi connectivity index (χ0) is 17.6. The van der Waals surface area contributed by atoms with E-state index in [0.29, 0.717) is 35.0 Å². The highest BCUT2D eigenvalue weighted by molar-refractivity contribution is 5.97. The van der Waals surface area contributed by atoms with Crippen LogP contribution in [0.2, 0.25) is 0 Å².